The van der Waals surface area contributed by atoms with Gasteiger partial charge in [0.15, 0.2) is 5.78 Å². The van der Waals surface area contributed by atoms with Gasteiger partial charge in [-0.15, -0.1) is 0 Å². The number of amides is 1. The number of carbonyl (C=O) groups excluding carboxylic acids is 2. The Balaban J connectivity index is 1.27. The molecule has 0 unspecified atom stereocenters. The lowest BCUT2D eigenvalue weighted by Gasteiger charge is -2.36. The first-order valence-electron chi connectivity index (χ1n) is 15.0. The quantitative estimate of drug-likeness (QED) is 0.193. The molecule has 1 aromatic heterocycles. The number of ketones is 1. The second kappa shape index (κ2) is 13.8. The molecule has 4 aromatic carbocycles. The Kier molecular flexibility index (Phi) is 9.23. The fraction of sp³-hybridized carbons (Fsp3) is 0.189. The van der Waals surface area contributed by atoms with Gasteiger partial charge in [0.1, 0.15) is 35.2 Å². The van der Waals surface area contributed by atoms with Crippen LogP contribution in [0, 0.1) is 0 Å². The SMILES string of the molecule is COc1ccc(C(OC[C@H]2O[C@@H](n3ccc(NC(=O)c4ccccc4)nc3=O)CC2=O)(c2ccccc2)c2ccc(OC)cc2)cc1. The van der Waals surface area contributed by atoms with Crippen molar-refractivity contribution in [2.75, 3.05) is 26.1 Å². The normalized spacial score (nSPS) is 16.1. The van der Waals surface area contributed by atoms with Crippen LogP contribution in [0.5, 0.6) is 11.5 Å². The minimum absolute atomic E-state index is 0.0469. The number of nitrogens with one attached hydrogen (secondary N) is 1. The molecule has 1 aliphatic rings. The van der Waals surface area contributed by atoms with Crippen LogP contribution in [0.15, 0.2) is 126 Å². The van der Waals surface area contributed by atoms with E-state index in [0.29, 0.717) is 17.1 Å². The van der Waals surface area contributed by atoms with Crippen molar-refractivity contribution < 1.29 is 28.5 Å². The van der Waals surface area contributed by atoms with E-state index < -0.39 is 29.5 Å². The summed E-state index contributed by atoms with van der Waals surface area (Å²) in [5.74, 6) is 0.862. The van der Waals surface area contributed by atoms with Gasteiger partial charge in [-0.2, -0.15) is 4.98 Å². The van der Waals surface area contributed by atoms with Gasteiger partial charge in [0, 0.05) is 11.8 Å². The van der Waals surface area contributed by atoms with Crippen molar-refractivity contribution in [3.8, 4) is 11.5 Å². The van der Waals surface area contributed by atoms with Crippen molar-refractivity contribution in [2.45, 2.75) is 24.4 Å². The van der Waals surface area contributed by atoms with Crippen molar-refractivity contribution in [1.29, 1.82) is 0 Å². The summed E-state index contributed by atoms with van der Waals surface area (Å²) >= 11 is 0. The van der Waals surface area contributed by atoms with E-state index in [0.717, 1.165) is 16.7 Å². The second-order valence-corrected chi connectivity index (χ2v) is 10.9. The lowest BCUT2D eigenvalue weighted by atomic mass is 9.80. The van der Waals surface area contributed by atoms with Crippen LogP contribution >= 0.6 is 0 Å². The van der Waals surface area contributed by atoms with Gasteiger partial charge in [-0.05, 0) is 59.2 Å². The zero-order valence-electron chi connectivity index (χ0n) is 25.9. The number of benzene rings is 4. The molecule has 238 valence electrons. The third kappa shape index (κ3) is 6.55. The Morgan fingerprint density at radius 1 is 0.809 bits per heavy atom. The Labute approximate surface area is 271 Å². The topological polar surface area (TPSA) is 118 Å². The summed E-state index contributed by atoms with van der Waals surface area (Å²) in [6.45, 7) is -0.102. The summed E-state index contributed by atoms with van der Waals surface area (Å²) < 4.78 is 25.0. The summed E-state index contributed by atoms with van der Waals surface area (Å²) in [7, 11) is 3.21. The van der Waals surface area contributed by atoms with E-state index in [9.17, 15) is 14.4 Å². The van der Waals surface area contributed by atoms with E-state index >= 15 is 0 Å². The zero-order chi connectivity index (χ0) is 32.8. The van der Waals surface area contributed by atoms with Gasteiger partial charge in [0.2, 0.25) is 0 Å². The van der Waals surface area contributed by atoms with E-state index in [1.54, 1.807) is 44.6 Å². The molecule has 1 saturated heterocycles. The summed E-state index contributed by atoms with van der Waals surface area (Å²) in [5, 5.41) is 2.63. The van der Waals surface area contributed by atoms with Crippen molar-refractivity contribution in [2.24, 2.45) is 0 Å². The predicted octanol–water partition coefficient (Wildman–Crippen LogP) is 5.38. The summed E-state index contributed by atoms with van der Waals surface area (Å²) in [6.07, 6.45) is -0.429. The number of ether oxygens (including phenoxy) is 4. The zero-order valence-corrected chi connectivity index (χ0v) is 25.9. The maximum absolute atomic E-state index is 13.3. The monoisotopic (exact) mass is 631 g/mol. The molecule has 6 rings (SSSR count). The molecule has 1 amide bonds. The predicted molar refractivity (Wildman–Crippen MR) is 175 cm³/mol. The second-order valence-electron chi connectivity index (χ2n) is 10.9. The maximum atomic E-state index is 13.3. The minimum Gasteiger partial charge on any atom is -0.497 e. The molecule has 1 fully saturated rings. The fourth-order valence-electron chi connectivity index (χ4n) is 5.67. The molecular weight excluding hydrogens is 598 g/mol. The van der Waals surface area contributed by atoms with Crippen LogP contribution in [0.4, 0.5) is 5.82 Å². The van der Waals surface area contributed by atoms with Gasteiger partial charge in [-0.1, -0.05) is 72.8 Å². The molecule has 0 aliphatic carbocycles. The van der Waals surface area contributed by atoms with Crippen LogP contribution in [0.1, 0.15) is 39.7 Å². The molecule has 2 heterocycles. The minimum atomic E-state index is -1.14. The highest BCUT2D eigenvalue weighted by Crippen LogP contribution is 2.42. The van der Waals surface area contributed by atoms with Crippen LogP contribution in [0.3, 0.4) is 0 Å². The molecule has 1 N–H and O–H groups in total. The van der Waals surface area contributed by atoms with Gasteiger partial charge in [-0.3, -0.25) is 14.2 Å². The Bertz CT molecular complexity index is 1850. The average Bonchev–Trinajstić information content (AvgIpc) is 3.49. The van der Waals surface area contributed by atoms with Gasteiger partial charge in [0.05, 0.1) is 27.2 Å². The summed E-state index contributed by atoms with van der Waals surface area (Å²) in [4.78, 5) is 42.8. The number of methoxy groups -OCH3 is 2. The highest BCUT2D eigenvalue weighted by molar-refractivity contribution is 6.03. The number of Topliss-reactive ketones (excluding diaryl/α,β-unsaturated/α-hetero) is 1. The number of hydrogen-bond acceptors (Lipinski definition) is 8. The lowest BCUT2D eigenvalue weighted by Crippen LogP contribution is -2.37. The van der Waals surface area contributed by atoms with Crippen molar-refractivity contribution in [3.63, 3.8) is 0 Å². The molecule has 1 aliphatic heterocycles. The number of carbonyl (C=O) groups is 2. The summed E-state index contributed by atoms with van der Waals surface area (Å²) in [6, 6.07) is 35.0. The van der Waals surface area contributed by atoms with Crippen LogP contribution in [-0.4, -0.2) is 48.2 Å². The van der Waals surface area contributed by atoms with Crippen LogP contribution in [0.25, 0.3) is 0 Å². The number of aromatic nitrogens is 2. The Morgan fingerprint density at radius 3 is 1.91 bits per heavy atom. The molecule has 10 heteroatoms. The molecule has 2 atom stereocenters. The van der Waals surface area contributed by atoms with E-state index in [1.165, 1.54) is 16.8 Å². The fourth-order valence-corrected chi connectivity index (χ4v) is 5.67. The van der Waals surface area contributed by atoms with Crippen LogP contribution < -0.4 is 20.5 Å². The Morgan fingerprint density at radius 2 is 1.36 bits per heavy atom. The summed E-state index contributed by atoms with van der Waals surface area (Å²) in [5.41, 5.74) is 1.09. The van der Waals surface area contributed by atoms with E-state index in [2.05, 4.69) is 10.3 Å². The first kappa shape index (κ1) is 31.4. The molecule has 0 radical (unpaired) electrons. The average molecular weight is 632 g/mol. The molecule has 5 aromatic rings. The number of nitrogens with zero attached hydrogens (tertiary/aromatic N) is 2. The van der Waals surface area contributed by atoms with E-state index in [1.807, 2.05) is 78.9 Å². The van der Waals surface area contributed by atoms with Crippen LogP contribution in [-0.2, 0) is 19.9 Å². The van der Waals surface area contributed by atoms with Gasteiger partial charge in [-0.25, -0.2) is 4.79 Å². The number of rotatable bonds is 11. The van der Waals surface area contributed by atoms with Gasteiger partial charge in [0.25, 0.3) is 5.91 Å². The number of hydrogen-bond donors (Lipinski definition) is 1. The van der Waals surface area contributed by atoms with Crippen molar-refractivity contribution in [1.82, 2.24) is 9.55 Å². The molecule has 47 heavy (non-hydrogen) atoms. The smallest absolute Gasteiger partial charge is 0.351 e. The molecular formula is C37H33N3O7. The van der Waals surface area contributed by atoms with E-state index in [-0.39, 0.29) is 24.6 Å². The van der Waals surface area contributed by atoms with Crippen LogP contribution in [0.2, 0.25) is 0 Å². The first-order chi connectivity index (χ1) is 22.9. The first-order valence-corrected chi connectivity index (χ1v) is 15.0. The van der Waals surface area contributed by atoms with E-state index in [4.69, 9.17) is 18.9 Å². The largest absolute Gasteiger partial charge is 0.497 e. The molecule has 0 bridgehead atoms. The standard InChI is InChI=1S/C37H33N3O7/c1-44-29-17-13-27(14-18-29)37(26-11-7-4-8-12-26,28-15-19-30(45-2)20-16-28)46-24-32-31(41)23-34(47-32)40-22-21-33(39-36(40)43)38-35(42)25-9-5-3-6-10-25/h3-22,32,34H,23-24H2,1-2H3,(H,38,39,42,43)/t32-,34-/m1/s1. The molecule has 0 saturated carbocycles. The lowest BCUT2D eigenvalue weighted by molar-refractivity contribution is -0.130. The van der Waals surface area contributed by atoms with Crippen molar-refractivity contribution >= 4 is 17.5 Å². The van der Waals surface area contributed by atoms with Gasteiger partial charge >= 0.3 is 5.69 Å². The number of anilines is 1. The highest BCUT2D eigenvalue weighted by Gasteiger charge is 2.42. The third-order valence-electron chi connectivity index (χ3n) is 8.10. The maximum Gasteiger partial charge on any atom is 0.351 e. The third-order valence-corrected chi connectivity index (χ3v) is 8.10. The Hall–Kier alpha value is -5.58. The van der Waals surface area contributed by atoms with Crippen molar-refractivity contribution in [3.05, 3.63) is 154 Å². The molecule has 0 spiro atoms. The molecule has 10 nitrogen and oxygen atoms in total. The highest BCUT2D eigenvalue weighted by atomic mass is 16.6. The van der Waals surface area contributed by atoms with Gasteiger partial charge < -0.3 is 24.3 Å².